The Hall–Kier alpha value is -6.64. The molecule has 0 bridgehead atoms. The highest BCUT2D eigenvalue weighted by molar-refractivity contribution is 6.28. The van der Waals surface area contributed by atoms with Crippen molar-refractivity contribution in [2.24, 2.45) is 0 Å². The Bertz CT molecular complexity index is 4620. The number of fused-ring (bicyclic) bond motifs is 7. The number of para-hydroxylation sites is 2. The quantitative estimate of drug-likeness (QED) is 0.171. The van der Waals surface area contributed by atoms with E-state index in [9.17, 15) is 16.4 Å². The summed E-state index contributed by atoms with van der Waals surface area (Å²) >= 11 is 0. The lowest BCUT2D eigenvalue weighted by atomic mass is 9.99. The van der Waals surface area contributed by atoms with E-state index in [0.717, 1.165) is 0 Å². The van der Waals surface area contributed by atoms with E-state index in [1.54, 1.807) is 0 Å². The molecule has 10 aromatic rings. The molecule has 0 atom stereocenters. The van der Waals surface area contributed by atoms with E-state index in [2.05, 4.69) is 0 Å². The van der Waals surface area contributed by atoms with Crippen LogP contribution in [0.25, 0.3) is 88.4 Å². The molecular formula is C49H34N2. The fourth-order valence-electron chi connectivity index (χ4n) is 5.86. The SMILES string of the molecule is [2H]c1c([2H])c([2H])c(-c2c([2H])c([2H])c([2H])c(-n3c4c([2H])c([2H])c([2H])c([2H])c4c4c5c6c([2H])c([2H])c([2H])c([2H])c6n(-c6c([2H])c([2H])c([2H])c(-c7c([2H])c([2H])c(-c8c([2H])c([2H])c(C)c([2H])c8[2H])c([2H])c7[2H])c6[2H])c5c([2H])c([2H])c43)c2[2H])c([2H])c1[2H]. The van der Waals surface area contributed by atoms with Gasteiger partial charge in [0, 0.05) is 32.9 Å². The molecule has 10 rings (SSSR count). The molecule has 0 unspecified atom stereocenters. The fraction of sp³-hybridized carbons (Fsp3) is 0.0204. The van der Waals surface area contributed by atoms with Crippen LogP contribution in [-0.4, -0.2) is 9.13 Å². The first-order valence-corrected chi connectivity index (χ1v) is 15.1. The van der Waals surface area contributed by atoms with Crippen LogP contribution >= 0.6 is 0 Å². The molecule has 0 aliphatic rings. The molecule has 0 amide bonds. The van der Waals surface area contributed by atoms with Crippen molar-refractivity contribution in [2.45, 2.75) is 6.92 Å². The summed E-state index contributed by atoms with van der Waals surface area (Å²) in [4.78, 5) is 0. The Morgan fingerprint density at radius 3 is 1.24 bits per heavy atom. The lowest BCUT2D eigenvalue weighted by molar-refractivity contribution is 1.17. The molecule has 0 N–H and O–H groups in total. The Morgan fingerprint density at radius 2 is 0.725 bits per heavy atom. The lowest BCUT2D eigenvalue weighted by Crippen LogP contribution is -1.95. The maximum absolute atomic E-state index is 9.86. The second-order valence-electron chi connectivity index (χ2n) is 11.0. The van der Waals surface area contributed by atoms with Crippen LogP contribution in [0.15, 0.2) is 187 Å². The number of benzene rings is 8. The first-order chi connectivity index (χ1) is 38.1. The first kappa shape index (κ1) is 11.7. The minimum atomic E-state index is -1.11. The molecule has 0 saturated heterocycles. The van der Waals surface area contributed by atoms with E-state index >= 15 is 0 Å². The lowest BCUT2D eigenvalue weighted by Gasteiger charge is -2.12. The predicted octanol–water partition coefficient (Wildman–Crippen LogP) is 13.2. The number of rotatable bonds is 5. The molecule has 8 aromatic carbocycles. The van der Waals surface area contributed by atoms with Crippen LogP contribution in [0.5, 0.6) is 0 Å². The minimum Gasteiger partial charge on any atom is -0.309 e. The summed E-state index contributed by atoms with van der Waals surface area (Å²) in [6.07, 6.45) is 0. The van der Waals surface area contributed by atoms with Crippen LogP contribution in [0.2, 0.25) is 0 Å². The molecule has 2 heteroatoms. The summed E-state index contributed by atoms with van der Waals surface area (Å²) < 4.78 is 281. The molecule has 0 aliphatic heterocycles. The predicted molar refractivity (Wildman–Crippen MR) is 216 cm³/mol. The van der Waals surface area contributed by atoms with Gasteiger partial charge in [-0.05, 0) is 88.6 Å². The topological polar surface area (TPSA) is 9.86 Å². The molecule has 0 aliphatic carbocycles. The number of hydrogen-bond acceptors (Lipinski definition) is 0. The van der Waals surface area contributed by atoms with Crippen molar-refractivity contribution < 1.29 is 42.5 Å². The second-order valence-corrected chi connectivity index (χ2v) is 11.0. The monoisotopic (exact) mass is 681 g/mol. The van der Waals surface area contributed by atoms with E-state index in [1.165, 1.54) is 6.92 Å². The third-order valence-electron chi connectivity index (χ3n) is 8.05. The molecule has 51 heavy (non-hydrogen) atoms. The zero-order valence-corrected chi connectivity index (χ0v) is 25.9. The molecule has 240 valence electrons. The second kappa shape index (κ2) is 11.8. The van der Waals surface area contributed by atoms with Gasteiger partial charge in [0.15, 0.2) is 0 Å². The van der Waals surface area contributed by atoms with Crippen molar-refractivity contribution in [3.63, 3.8) is 0 Å². The van der Waals surface area contributed by atoms with Gasteiger partial charge in [-0.2, -0.15) is 0 Å². The van der Waals surface area contributed by atoms with Crippen molar-refractivity contribution in [1.29, 1.82) is 0 Å². The van der Waals surface area contributed by atoms with Crippen molar-refractivity contribution >= 4 is 43.6 Å². The van der Waals surface area contributed by atoms with Crippen molar-refractivity contribution in [3.05, 3.63) is 193 Å². The summed E-state index contributed by atoms with van der Waals surface area (Å²) in [7, 11) is 0. The Morgan fingerprint density at radius 1 is 0.333 bits per heavy atom. The van der Waals surface area contributed by atoms with Crippen LogP contribution in [0.3, 0.4) is 0 Å². The van der Waals surface area contributed by atoms with Gasteiger partial charge in [0.05, 0.1) is 64.6 Å². The standard InChI is InChI=1S/C49H34N2/c1-33-21-23-35(24-22-33)36-25-27-37(28-26-36)39-14-10-16-41(32-39)51-45-20-8-6-18-43(45)49-47(51)30-29-46-48(49)42-17-5-7-19-44(42)50(46)40-15-9-13-38(31-40)34-11-3-2-4-12-34/h2-32H,1H3/i2D,3D,4D,5D,6D,7D,8D,9D,10D,11D,12D,13D,14D,15D,16D,17D,18D,19D,20D,21D,22D,23D,24D,25D,26D,27D,28D,29D,30D,31D,32D. The zero-order valence-electron chi connectivity index (χ0n) is 56.9. The zero-order chi connectivity index (χ0) is 60.9. The fourth-order valence-corrected chi connectivity index (χ4v) is 5.86. The molecule has 2 aromatic heterocycles. The number of nitrogens with zero attached hydrogens (tertiary/aromatic N) is 2. The highest BCUT2D eigenvalue weighted by Crippen LogP contribution is 2.43. The average molecular weight is 682 g/mol. The van der Waals surface area contributed by atoms with Gasteiger partial charge in [-0.25, -0.2) is 0 Å². The molecular weight excluding hydrogens is 617 g/mol. The third-order valence-corrected chi connectivity index (χ3v) is 8.05. The van der Waals surface area contributed by atoms with E-state index in [-0.39, 0.29) is 5.56 Å². The summed E-state index contributed by atoms with van der Waals surface area (Å²) in [5.74, 6) is 0. The van der Waals surface area contributed by atoms with Gasteiger partial charge in [-0.3, -0.25) is 0 Å². The Balaban J connectivity index is 1.45. The van der Waals surface area contributed by atoms with Gasteiger partial charge in [-0.15, -0.1) is 0 Å². The van der Waals surface area contributed by atoms with E-state index < -0.39 is 276 Å². The van der Waals surface area contributed by atoms with Crippen molar-refractivity contribution in [2.75, 3.05) is 0 Å². The molecule has 0 spiro atoms. The van der Waals surface area contributed by atoms with Crippen LogP contribution in [0.1, 0.15) is 48.1 Å². The van der Waals surface area contributed by atoms with Gasteiger partial charge in [0.1, 0.15) is 0 Å². The largest absolute Gasteiger partial charge is 0.309 e. The smallest absolute Gasteiger partial charge is 0.0651 e. The summed E-state index contributed by atoms with van der Waals surface area (Å²) in [6, 6.07) is -29.6. The normalized spacial score (nSPS) is 20.1. The molecule has 2 heterocycles. The Labute approximate surface area is 340 Å². The average Bonchev–Trinajstić information content (AvgIpc) is 1.97. The van der Waals surface area contributed by atoms with Crippen LogP contribution < -0.4 is 0 Å². The minimum absolute atomic E-state index is 0.0937. The molecule has 0 saturated carbocycles. The van der Waals surface area contributed by atoms with E-state index in [0.29, 0.717) is 9.13 Å². The van der Waals surface area contributed by atoms with Gasteiger partial charge in [0.25, 0.3) is 0 Å². The summed E-state index contributed by atoms with van der Waals surface area (Å²) in [5.41, 5.74) is -9.60. The van der Waals surface area contributed by atoms with Crippen molar-refractivity contribution in [1.82, 2.24) is 9.13 Å². The maximum atomic E-state index is 9.86. The van der Waals surface area contributed by atoms with Gasteiger partial charge in [-0.1, -0.05) is 145 Å². The molecule has 0 radical (unpaired) electrons. The van der Waals surface area contributed by atoms with Gasteiger partial charge in [0.2, 0.25) is 0 Å². The third kappa shape index (κ3) is 4.80. The van der Waals surface area contributed by atoms with E-state index in [4.69, 9.17) is 26.0 Å². The molecule has 2 nitrogen and oxygen atoms in total. The van der Waals surface area contributed by atoms with Crippen LogP contribution in [0.4, 0.5) is 0 Å². The Kier molecular flexibility index (Phi) is 2.70. The maximum Gasteiger partial charge on any atom is 0.0651 e. The van der Waals surface area contributed by atoms with Gasteiger partial charge < -0.3 is 9.13 Å². The number of hydrogen-bond donors (Lipinski definition) is 0. The van der Waals surface area contributed by atoms with Crippen LogP contribution in [0, 0.1) is 6.92 Å². The van der Waals surface area contributed by atoms with Crippen LogP contribution in [-0.2, 0) is 0 Å². The van der Waals surface area contributed by atoms with E-state index in [1.807, 2.05) is 0 Å². The van der Waals surface area contributed by atoms with Crippen molar-refractivity contribution in [3.8, 4) is 44.8 Å². The first-order valence-electron chi connectivity index (χ1n) is 30.6. The van der Waals surface area contributed by atoms with Gasteiger partial charge >= 0.3 is 0 Å². The summed E-state index contributed by atoms with van der Waals surface area (Å²) in [5, 5.41) is -2.44. The summed E-state index contributed by atoms with van der Waals surface area (Å²) in [6.45, 7) is 1.29. The highest BCUT2D eigenvalue weighted by Gasteiger charge is 2.20. The molecule has 0 fully saturated rings. The highest BCUT2D eigenvalue weighted by atomic mass is 15.0. The number of aromatic nitrogens is 2.